The number of hydrogen-bond acceptors (Lipinski definition) is 1. The van der Waals surface area contributed by atoms with Crippen LogP contribution in [-0.2, 0) is 10.8 Å². The van der Waals surface area contributed by atoms with Crippen molar-refractivity contribution < 1.29 is 4.43 Å². The van der Waals surface area contributed by atoms with Gasteiger partial charge in [0, 0.05) is 6.61 Å². The van der Waals surface area contributed by atoms with Crippen molar-refractivity contribution in [3.8, 4) is 0 Å². The summed E-state index contributed by atoms with van der Waals surface area (Å²) in [5.74, 6) is 0. The maximum Gasteiger partial charge on any atom is 0.183 e. The molecule has 2 rings (SSSR count). The Hall–Kier alpha value is -1.12. The molecule has 0 fully saturated rings. The minimum Gasteiger partial charge on any atom is -0.417 e. The number of hydrogen-bond donors (Lipinski definition) is 0. The van der Waals surface area contributed by atoms with Crippen molar-refractivity contribution >= 4 is 19.1 Å². The molecule has 2 heteroatoms. The third-order valence-corrected chi connectivity index (χ3v) is 3.86. The van der Waals surface area contributed by atoms with E-state index in [1.165, 1.54) is 16.3 Å². The number of rotatable bonds is 4. The lowest BCUT2D eigenvalue weighted by atomic mass is 10.0. The first-order valence-corrected chi connectivity index (χ1v) is 9.58. The summed E-state index contributed by atoms with van der Waals surface area (Å²) >= 11 is 0. The van der Waals surface area contributed by atoms with Crippen molar-refractivity contribution in [2.24, 2.45) is 0 Å². The minimum atomic E-state index is -1.38. The Kier molecular flexibility index (Phi) is 3.65. The topological polar surface area (TPSA) is 9.23 Å². The van der Waals surface area contributed by atoms with Crippen LogP contribution < -0.4 is 0 Å². The molecule has 0 spiro atoms. The average molecular weight is 244 g/mol. The molecule has 0 heterocycles. The van der Waals surface area contributed by atoms with E-state index in [0.717, 1.165) is 13.0 Å². The van der Waals surface area contributed by atoms with Gasteiger partial charge in [0.1, 0.15) is 0 Å². The summed E-state index contributed by atoms with van der Waals surface area (Å²) in [7, 11) is -1.38. The molecule has 0 N–H and O–H groups in total. The van der Waals surface area contributed by atoms with Gasteiger partial charge < -0.3 is 4.43 Å². The molecule has 0 saturated heterocycles. The van der Waals surface area contributed by atoms with Gasteiger partial charge in [0.15, 0.2) is 8.32 Å². The smallest absolute Gasteiger partial charge is 0.183 e. The van der Waals surface area contributed by atoms with Gasteiger partial charge in [0.05, 0.1) is 0 Å². The van der Waals surface area contributed by atoms with Crippen LogP contribution in [0.3, 0.4) is 0 Å². The molecule has 0 radical (unpaired) electrons. The van der Waals surface area contributed by atoms with Crippen molar-refractivity contribution in [2.75, 3.05) is 6.61 Å². The van der Waals surface area contributed by atoms with Gasteiger partial charge in [-0.3, -0.25) is 0 Å². The summed E-state index contributed by atoms with van der Waals surface area (Å²) in [5.41, 5.74) is 1.39. The van der Waals surface area contributed by atoms with E-state index in [2.05, 4.69) is 62.1 Å². The van der Waals surface area contributed by atoms with E-state index in [0.29, 0.717) is 0 Å². The minimum absolute atomic E-state index is 0.837. The molecule has 0 aliphatic rings. The first-order chi connectivity index (χ1) is 8.06. The molecule has 2 aromatic carbocycles. The molecule has 1 nitrogen and oxygen atoms in total. The summed E-state index contributed by atoms with van der Waals surface area (Å²) < 4.78 is 5.92. The Balaban J connectivity index is 2.13. The second kappa shape index (κ2) is 5.03. The van der Waals surface area contributed by atoms with Gasteiger partial charge in [-0.1, -0.05) is 42.5 Å². The Bertz CT molecular complexity index is 494. The zero-order chi connectivity index (χ0) is 12.3. The molecule has 0 saturated carbocycles. The molecular formula is C15H20OSi. The molecule has 0 atom stereocenters. The molecule has 2 aromatic rings. The molecule has 90 valence electrons. The Morgan fingerprint density at radius 1 is 0.941 bits per heavy atom. The van der Waals surface area contributed by atoms with Crippen LogP contribution >= 0.6 is 0 Å². The van der Waals surface area contributed by atoms with E-state index in [1.54, 1.807) is 0 Å². The standard InChI is InChI=1S/C15H20OSi/c1-17(2,3)16-12-11-14-9-6-8-13-7-4-5-10-15(13)14/h4-10H,11-12H2,1-3H3. The quantitative estimate of drug-likeness (QED) is 0.731. The molecule has 0 aromatic heterocycles. The summed E-state index contributed by atoms with van der Waals surface area (Å²) in [5, 5.41) is 2.67. The fourth-order valence-electron chi connectivity index (χ4n) is 1.98. The van der Waals surface area contributed by atoms with Gasteiger partial charge >= 0.3 is 0 Å². The van der Waals surface area contributed by atoms with Crippen molar-refractivity contribution in [2.45, 2.75) is 26.1 Å². The van der Waals surface area contributed by atoms with Crippen molar-refractivity contribution in [1.29, 1.82) is 0 Å². The van der Waals surface area contributed by atoms with Gasteiger partial charge in [-0.15, -0.1) is 0 Å². The maximum absolute atomic E-state index is 5.92. The molecule has 0 aliphatic heterocycles. The second-order valence-electron chi connectivity index (χ2n) is 5.35. The van der Waals surface area contributed by atoms with Crippen LogP contribution in [0.15, 0.2) is 42.5 Å². The van der Waals surface area contributed by atoms with Crippen LogP contribution in [0.5, 0.6) is 0 Å². The second-order valence-corrected chi connectivity index (χ2v) is 9.86. The zero-order valence-electron chi connectivity index (χ0n) is 10.9. The SMILES string of the molecule is C[Si](C)(C)OCCc1cccc2ccccc12. The lowest BCUT2D eigenvalue weighted by Crippen LogP contribution is -2.26. The van der Waals surface area contributed by atoms with E-state index in [4.69, 9.17) is 4.43 Å². The Morgan fingerprint density at radius 2 is 1.65 bits per heavy atom. The number of benzene rings is 2. The highest BCUT2D eigenvalue weighted by Crippen LogP contribution is 2.19. The first kappa shape index (κ1) is 12.3. The van der Waals surface area contributed by atoms with Crippen molar-refractivity contribution in [3.05, 3.63) is 48.0 Å². The first-order valence-electron chi connectivity index (χ1n) is 6.17. The summed E-state index contributed by atoms with van der Waals surface area (Å²) in [6, 6.07) is 15.0. The van der Waals surface area contributed by atoms with E-state index in [1.807, 2.05) is 0 Å². The van der Waals surface area contributed by atoms with Crippen molar-refractivity contribution in [3.63, 3.8) is 0 Å². The highest BCUT2D eigenvalue weighted by molar-refractivity contribution is 6.69. The summed E-state index contributed by atoms with van der Waals surface area (Å²) in [4.78, 5) is 0. The summed E-state index contributed by atoms with van der Waals surface area (Å²) in [6.45, 7) is 7.53. The maximum atomic E-state index is 5.92. The normalized spacial score (nSPS) is 11.9. The average Bonchev–Trinajstić information content (AvgIpc) is 2.28. The lowest BCUT2D eigenvalue weighted by molar-refractivity contribution is 0.316. The summed E-state index contributed by atoms with van der Waals surface area (Å²) in [6.07, 6.45) is 1.01. The third kappa shape index (κ3) is 3.41. The van der Waals surface area contributed by atoms with Gasteiger partial charge in [-0.25, -0.2) is 0 Å². The highest BCUT2D eigenvalue weighted by Gasteiger charge is 2.13. The predicted molar refractivity (Wildman–Crippen MR) is 77.0 cm³/mol. The molecule has 0 amide bonds. The van der Waals surface area contributed by atoms with Crippen LogP contribution in [0.1, 0.15) is 5.56 Å². The van der Waals surface area contributed by atoms with Crippen LogP contribution in [-0.4, -0.2) is 14.9 Å². The van der Waals surface area contributed by atoms with E-state index in [9.17, 15) is 0 Å². The van der Waals surface area contributed by atoms with Crippen LogP contribution in [0.2, 0.25) is 19.6 Å². The monoisotopic (exact) mass is 244 g/mol. The lowest BCUT2D eigenvalue weighted by Gasteiger charge is -2.17. The Morgan fingerprint density at radius 3 is 2.41 bits per heavy atom. The largest absolute Gasteiger partial charge is 0.417 e. The van der Waals surface area contributed by atoms with Crippen LogP contribution in [0.25, 0.3) is 10.8 Å². The van der Waals surface area contributed by atoms with E-state index < -0.39 is 8.32 Å². The predicted octanol–water partition coefficient (Wildman–Crippen LogP) is 4.23. The third-order valence-electron chi connectivity index (χ3n) is 2.79. The fraction of sp³-hybridized carbons (Fsp3) is 0.333. The number of fused-ring (bicyclic) bond motifs is 1. The fourth-order valence-corrected chi connectivity index (χ4v) is 2.69. The molecule has 0 bridgehead atoms. The van der Waals surface area contributed by atoms with Crippen LogP contribution in [0, 0.1) is 0 Å². The van der Waals surface area contributed by atoms with Gasteiger partial charge in [-0.2, -0.15) is 0 Å². The zero-order valence-corrected chi connectivity index (χ0v) is 11.9. The van der Waals surface area contributed by atoms with Gasteiger partial charge in [0.25, 0.3) is 0 Å². The van der Waals surface area contributed by atoms with E-state index >= 15 is 0 Å². The van der Waals surface area contributed by atoms with E-state index in [-0.39, 0.29) is 0 Å². The molecular weight excluding hydrogens is 224 g/mol. The van der Waals surface area contributed by atoms with Crippen LogP contribution in [0.4, 0.5) is 0 Å². The molecule has 17 heavy (non-hydrogen) atoms. The highest BCUT2D eigenvalue weighted by atomic mass is 28.4. The molecule has 0 unspecified atom stereocenters. The molecule has 0 aliphatic carbocycles. The van der Waals surface area contributed by atoms with Gasteiger partial charge in [-0.05, 0) is 42.4 Å². The van der Waals surface area contributed by atoms with Gasteiger partial charge in [0.2, 0.25) is 0 Å². The Labute approximate surface area is 105 Å². The van der Waals surface area contributed by atoms with Crippen molar-refractivity contribution in [1.82, 2.24) is 0 Å².